The van der Waals surface area contributed by atoms with E-state index in [4.69, 9.17) is 5.73 Å². The van der Waals surface area contributed by atoms with Gasteiger partial charge in [-0.2, -0.15) is 0 Å². The molecule has 18 heavy (non-hydrogen) atoms. The molecule has 0 spiro atoms. The Labute approximate surface area is 111 Å². The van der Waals surface area contributed by atoms with Crippen molar-refractivity contribution in [3.8, 4) is 0 Å². The fraction of sp³-hybridized carbons (Fsp3) is 0.933. The van der Waals surface area contributed by atoms with Crippen LogP contribution in [0.25, 0.3) is 0 Å². The van der Waals surface area contributed by atoms with Gasteiger partial charge < -0.3 is 11.1 Å². The molecule has 0 aromatic carbocycles. The van der Waals surface area contributed by atoms with Gasteiger partial charge in [0.05, 0.1) is 0 Å². The van der Waals surface area contributed by atoms with Crippen molar-refractivity contribution >= 4 is 5.91 Å². The predicted octanol–water partition coefficient (Wildman–Crippen LogP) is 2.73. The summed E-state index contributed by atoms with van der Waals surface area (Å²) in [7, 11) is 0. The highest BCUT2D eigenvalue weighted by Crippen LogP contribution is 2.30. The highest BCUT2D eigenvalue weighted by atomic mass is 16.1. The molecule has 0 radical (unpaired) electrons. The molecule has 3 N–H and O–H groups in total. The van der Waals surface area contributed by atoms with Crippen LogP contribution in [0.1, 0.15) is 71.1 Å². The predicted molar refractivity (Wildman–Crippen MR) is 74.2 cm³/mol. The number of hydrogen-bond donors (Lipinski definition) is 2. The van der Waals surface area contributed by atoms with Crippen molar-refractivity contribution in [1.82, 2.24) is 5.32 Å². The Hall–Kier alpha value is -0.570. The van der Waals surface area contributed by atoms with Crippen LogP contribution in [0.2, 0.25) is 0 Å². The first-order valence-corrected chi connectivity index (χ1v) is 7.69. The van der Waals surface area contributed by atoms with Crippen LogP contribution in [0.3, 0.4) is 0 Å². The summed E-state index contributed by atoms with van der Waals surface area (Å²) >= 11 is 0. The molecular formula is C15H28N2O. The van der Waals surface area contributed by atoms with Crippen LogP contribution in [0.4, 0.5) is 0 Å². The molecule has 2 saturated carbocycles. The highest BCUT2D eigenvalue weighted by Gasteiger charge is 2.32. The van der Waals surface area contributed by atoms with Gasteiger partial charge in [-0.05, 0) is 31.6 Å². The van der Waals surface area contributed by atoms with Crippen molar-refractivity contribution in [2.45, 2.75) is 82.7 Å². The van der Waals surface area contributed by atoms with Crippen LogP contribution in [0.5, 0.6) is 0 Å². The van der Waals surface area contributed by atoms with E-state index in [0.717, 1.165) is 25.2 Å². The average Bonchev–Trinajstić information content (AvgIpc) is 2.75. The fourth-order valence-electron chi connectivity index (χ4n) is 3.65. The maximum absolute atomic E-state index is 12.1. The summed E-state index contributed by atoms with van der Waals surface area (Å²) in [5, 5.41) is 3.22. The molecule has 0 saturated heterocycles. The van der Waals surface area contributed by atoms with Crippen molar-refractivity contribution < 1.29 is 4.79 Å². The SMILES string of the molecule is CCC1CCCC(NC(=O)CC2(N)CCCC2)C1. The van der Waals surface area contributed by atoms with Crippen LogP contribution in [0, 0.1) is 5.92 Å². The summed E-state index contributed by atoms with van der Waals surface area (Å²) < 4.78 is 0. The highest BCUT2D eigenvalue weighted by molar-refractivity contribution is 5.77. The molecule has 0 heterocycles. The van der Waals surface area contributed by atoms with Gasteiger partial charge in [-0.25, -0.2) is 0 Å². The summed E-state index contributed by atoms with van der Waals surface area (Å²) in [5.41, 5.74) is 6.05. The van der Waals surface area contributed by atoms with Crippen molar-refractivity contribution in [3.05, 3.63) is 0 Å². The van der Waals surface area contributed by atoms with Gasteiger partial charge in [0.2, 0.25) is 5.91 Å². The quantitative estimate of drug-likeness (QED) is 0.808. The number of hydrogen-bond acceptors (Lipinski definition) is 2. The van der Waals surface area contributed by atoms with E-state index in [1.807, 2.05) is 0 Å². The molecule has 1 amide bonds. The molecule has 2 unspecified atom stereocenters. The smallest absolute Gasteiger partial charge is 0.222 e. The van der Waals surface area contributed by atoms with Crippen LogP contribution in [-0.4, -0.2) is 17.5 Å². The normalized spacial score (nSPS) is 31.2. The van der Waals surface area contributed by atoms with E-state index >= 15 is 0 Å². The van der Waals surface area contributed by atoms with Crippen molar-refractivity contribution in [2.24, 2.45) is 11.7 Å². The Morgan fingerprint density at radius 2 is 2.00 bits per heavy atom. The molecule has 3 nitrogen and oxygen atoms in total. The summed E-state index contributed by atoms with van der Waals surface area (Å²) in [5.74, 6) is 0.989. The minimum atomic E-state index is -0.205. The fourth-order valence-corrected chi connectivity index (χ4v) is 3.65. The van der Waals surface area contributed by atoms with Crippen LogP contribution < -0.4 is 11.1 Å². The summed E-state index contributed by atoms with van der Waals surface area (Å²) in [6.45, 7) is 2.25. The molecule has 0 bridgehead atoms. The first-order chi connectivity index (χ1) is 8.61. The Bertz CT molecular complexity index is 284. The Morgan fingerprint density at radius 3 is 2.67 bits per heavy atom. The second-order valence-corrected chi connectivity index (χ2v) is 6.45. The maximum Gasteiger partial charge on any atom is 0.222 e. The van der Waals surface area contributed by atoms with Gasteiger partial charge in [-0.1, -0.05) is 39.0 Å². The van der Waals surface area contributed by atoms with Crippen molar-refractivity contribution in [1.29, 1.82) is 0 Å². The van der Waals surface area contributed by atoms with Crippen LogP contribution in [0.15, 0.2) is 0 Å². The molecule has 0 aromatic rings. The van der Waals surface area contributed by atoms with Gasteiger partial charge in [0, 0.05) is 18.0 Å². The second kappa shape index (κ2) is 6.05. The zero-order valence-electron chi connectivity index (χ0n) is 11.7. The number of nitrogens with one attached hydrogen (secondary N) is 1. The van der Waals surface area contributed by atoms with Gasteiger partial charge >= 0.3 is 0 Å². The Kier molecular flexibility index (Phi) is 4.66. The van der Waals surface area contributed by atoms with Gasteiger partial charge in [-0.3, -0.25) is 4.79 Å². The second-order valence-electron chi connectivity index (χ2n) is 6.45. The van der Waals surface area contributed by atoms with E-state index in [1.165, 1.54) is 38.5 Å². The topological polar surface area (TPSA) is 55.1 Å². The molecule has 2 atom stereocenters. The summed E-state index contributed by atoms with van der Waals surface area (Å²) in [6, 6.07) is 0.404. The third kappa shape index (κ3) is 3.71. The van der Waals surface area contributed by atoms with Crippen LogP contribution in [-0.2, 0) is 4.79 Å². The first kappa shape index (κ1) is 13.9. The standard InChI is InChI=1S/C15H28N2O/c1-2-12-6-5-7-13(10-12)17-14(18)11-15(16)8-3-4-9-15/h12-13H,2-11,16H2,1H3,(H,17,18). The minimum Gasteiger partial charge on any atom is -0.353 e. The lowest BCUT2D eigenvalue weighted by molar-refractivity contribution is -0.123. The largest absolute Gasteiger partial charge is 0.353 e. The molecule has 0 aliphatic heterocycles. The lowest BCUT2D eigenvalue weighted by Crippen LogP contribution is -2.45. The number of nitrogens with two attached hydrogens (primary N) is 1. The summed E-state index contributed by atoms with van der Waals surface area (Å²) in [4.78, 5) is 12.1. The van der Waals surface area contributed by atoms with E-state index in [2.05, 4.69) is 12.2 Å². The van der Waals surface area contributed by atoms with Gasteiger partial charge in [0.1, 0.15) is 0 Å². The number of carbonyl (C=O) groups is 1. The van der Waals surface area contributed by atoms with E-state index in [0.29, 0.717) is 12.5 Å². The van der Waals surface area contributed by atoms with E-state index < -0.39 is 0 Å². The van der Waals surface area contributed by atoms with E-state index in [-0.39, 0.29) is 11.4 Å². The minimum absolute atomic E-state index is 0.182. The monoisotopic (exact) mass is 252 g/mol. The molecule has 2 aliphatic carbocycles. The van der Waals surface area contributed by atoms with Crippen molar-refractivity contribution in [2.75, 3.05) is 0 Å². The third-order valence-corrected chi connectivity index (χ3v) is 4.84. The molecule has 2 aliphatic rings. The average molecular weight is 252 g/mol. The zero-order valence-corrected chi connectivity index (χ0v) is 11.7. The maximum atomic E-state index is 12.1. The van der Waals surface area contributed by atoms with Gasteiger partial charge in [-0.15, -0.1) is 0 Å². The van der Waals surface area contributed by atoms with Crippen molar-refractivity contribution in [3.63, 3.8) is 0 Å². The number of amides is 1. The molecule has 2 fully saturated rings. The summed E-state index contributed by atoms with van der Waals surface area (Å²) in [6.07, 6.45) is 11.1. The van der Waals surface area contributed by atoms with Gasteiger partial charge in [0.15, 0.2) is 0 Å². The number of carbonyl (C=O) groups excluding carboxylic acids is 1. The molecule has 2 rings (SSSR count). The first-order valence-electron chi connectivity index (χ1n) is 7.69. The van der Waals surface area contributed by atoms with Gasteiger partial charge in [0.25, 0.3) is 0 Å². The van der Waals surface area contributed by atoms with E-state index in [1.54, 1.807) is 0 Å². The number of rotatable bonds is 4. The van der Waals surface area contributed by atoms with Crippen LogP contribution >= 0.6 is 0 Å². The lowest BCUT2D eigenvalue weighted by Gasteiger charge is -2.30. The third-order valence-electron chi connectivity index (χ3n) is 4.84. The van der Waals surface area contributed by atoms with E-state index in [9.17, 15) is 4.79 Å². The molecular weight excluding hydrogens is 224 g/mol. The molecule has 3 heteroatoms. The lowest BCUT2D eigenvalue weighted by atomic mass is 9.84. The zero-order chi connectivity index (χ0) is 13.0. The Balaban J connectivity index is 1.76. The molecule has 104 valence electrons. The molecule has 0 aromatic heterocycles. The Morgan fingerprint density at radius 1 is 1.28 bits per heavy atom.